The Labute approximate surface area is 106 Å². The third-order valence-corrected chi connectivity index (χ3v) is 2.61. The Bertz CT molecular complexity index is 421. The highest BCUT2D eigenvalue weighted by Gasteiger charge is 2.15. The summed E-state index contributed by atoms with van der Waals surface area (Å²) in [4.78, 5) is 10.3. The first-order valence-electron chi connectivity index (χ1n) is 5.72. The van der Waals surface area contributed by atoms with Gasteiger partial charge in [0.05, 0.1) is 11.0 Å². The third kappa shape index (κ3) is 3.68. The second-order valence-corrected chi connectivity index (χ2v) is 4.14. The molecule has 0 aromatic heterocycles. The molecule has 1 rings (SSSR count). The lowest BCUT2D eigenvalue weighted by atomic mass is 10.1. The minimum atomic E-state index is -0.609. The Morgan fingerprint density at radius 1 is 1.50 bits per heavy atom. The molecule has 1 aromatic rings. The number of nitrogens with one attached hydrogen (secondary N) is 1. The van der Waals surface area contributed by atoms with E-state index in [0.29, 0.717) is 17.9 Å². The highest BCUT2D eigenvalue weighted by Crippen LogP contribution is 2.25. The number of nitro benzene ring substituents is 1. The van der Waals surface area contributed by atoms with Crippen molar-refractivity contribution < 1.29 is 14.8 Å². The molecule has 0 aliphatic carbocycles. The Balaban J connectivity index is 2.99. The number of rotatable bonds is 6. The van der Waals surface area contributed by atoms with Crippen LogP contribution in [0, 0.1) is 10.1 Å². The largest absolute Gasteiger partial charge is 0.488 e. The number of ether oxygens (including phenoxy) is 1. The highest BCUT2D eigenvalue weighted by atomic mass is 16.6. The molecule has 0 aliphatic rings. The van der Waals surface area contributed by atoms with Crippen molar-refractivity contribution in [2.75, 3.05) is 7.05 Å². The molecule has 2 N–H and O–H groups in total. The van der Waals surface area contributed by atoms with Crippen LogP contribution in [0.4, 0.5) is 5.69 Å². The minimum Gasteiger partial charge on any atom is -0.488 e. The summed E-state index contributed by atoms with van der Waals surface area (Å²) in [7, 11) is 1.75. The predicted molar refractivity (Wildman–Crippen MR) is 67.6 cm³/mol. The SMILES string of the molecule is CNCc1cc([N+](=O)[O-])ccc1OC(C)C(C)O. The fourth-order valence-corrected chi connectivity index (χ4v) is 1.42. The summed E-state index contributed by atoms with van der Waals surface area (Å²) in [6, 6.07) is 4.42. The number of nitro groups is 1. The van der Waals surface area contributed by atoms with Gasteiger partial charge in [0.2, 0.25) is 0 Å². The quantitative estimate of drug-likeness (QED) is 0.593. The summed E-state index contributed by atoms with van der Waals surface area (Å²) in [5.74, 6) is 0.545. The Kier molecular flexibility index (Phi) is 5.06. The first kappa shape index (κ1) is 14.4. The maximum absolute atomic E-state index is 10.7. The molecule has 2 atom stereocenters. The van der Waals surface area contributed by atoms with E-state index in [1.165, 1.54) is 12.1 Å². The van der Waals surface area contributed by atoms with Crippen molar-refractivity contribution >= 4 is 5.69 Å². The van der Waals surface area contributed by atoms with E-state index in [0.717, 1.165) is 0 Å². The summed E-state index contributed by atoms with van der Waals surface area (Å²) in [5.41, 5.74) is 0.719. The molecule has 0 bridgehead atoms. The normalized spacial score (nSPS) is 14.0. The van der Waals surface area contributed by atoms with Crippen molar-refractivity contribution in [1.82, 2.24) is 5.32 Å². The van der Waals surface area contributed by atoms with Crippen LogP contribution in [0.1, 0.15) is 19.4 Å². The van der Waals surface area contributed by atoms with Gasteiger partial charge >= 0.3 is 0 Å². The minimum absolute atomic E-state index is 0.0253. The van der Waals surface area contributed by atoms with Crippen LogP contribution in [0.25, 0.3) is 0 Å². The zero-order valence-electron chi connectivity index (χ0n) is 10.7. The second kappa shape index (κ2) is 6.32. The van der Waals surface area contributed by atoms with Crippen LogP contribution in [-0.2, 0) is 6.54 Å². The lowest BCUT2D eigenvalue weighted by Gasteiger charge is -2.19. The van der Waals surface area contributed by atoms with Crippen LogP contribution < -0.4 is 10.1 Å². The number of non-ortho nitro benzene ring substituents is 1. The molecule has 0 saturated carbocycles. The second-order valence-electron chi connectivity index (χ2n) is 4.14. The van der Waals surface area contributed by atoms with E-state index in [1.54, 1.807) is 27.0 Å². The van der Waals surface area contributed by atoms with Crippen molar-refractivity contribution in [3.8, 4) is 5.75 Å². The van der Waals surface area contributed by atoms with Gasteiger partial charge < -0.3 is 15.2 Å². The summed E-state index contributed by atoms with van der Waals surface area (Å²) in [6.07, 6.45) is -0.982. The predicted octanol–water partition coefficient (Wildman–Crippen LogP) is 1.46. The van der Waals surface area contributed by atoms with E-state index in [-0.39, 0.29) is 11.8 Å². The molecular formula is C12H18N2O4. The number of nitrogens with zero attached hydrogens (tertiary/aromatic N) is 1. The summed E-state index contributed by atoms with van der Waals surface area (Å²) >= 11 is 0. The van der Waals surface area contributed by atoms with Crippen LogP contribution in [0.3, 0.4) is 0 Å². The number of hydrogen-bond donors (Lipinski definition) is 2. The van der Waals surface area contributed by atoms with Crippen LogP contribution in [-0.4, -0.2) is 29.3 Å². The standard InChI is InChI=1S/C12H18N2O4/c1-8(15)9(2)18-12-5-4-11(14(16)17)6-10(12)7-13-3/h4-6,8-9,13,15H,7H2,1-3H3. The number of aliphatic hydroxyl groups is 1. The average molecular weight is 254 g/mol. The molecule has 1 aromatic carbocycles. The van der Waals surface area contributed by atoms with Crippen LogP contribution in [0.5, 0.6) is 5.75 Å². The van der Waals surface area contributed by atoms with Gasteiger partial charge in [-0.3, -0.25) is 10.1 Å². The average Bonchev–Trinajstić information content (AvgIpc) is 2.31. The van der Waals surface area contributed by atoms with E-state index in [4.69, 9.17) is 4.74 Å². The van der Waals surface area contributed by atoms with Gasteiger partial charge in [0.1, 0.15) is 11.9 Å². The van der Waals surface area contributed by atoms with E-state index in [2.05, 4.69) is 5.32 Å². The molecule has 0 spiro atoms. The number of aliphatic hydroxyl groups excluding tert-OH is 1. The van der Waals surface area contributed by atoms with Crippen LogP contribution >= 0.6 is 0 Å². The maximum atomic E-state index is 10.7. The molecule has 0 saturated heterocycles. The first-order valence-corrected chi connectivity index (χ1v) is 5.72. The molecule has 0 aliphatic heterocycles. The topological polar surface area (TPSA) is 84.6 Å². The molecule has 2 unspecified atom stereocenters. The van der Waals surface area contributed by atoms with Gasteiger partial charge in [-0.05, 0) is 27.0 Å². The fraction of sp³-hybridized carbons (Fsp3) is 0.500. The van der Waals surface area contributed by atoms with Gasteiger partial charge in [-0.2, -0.15) is 0 Å². The molecule has 0 amide bonds. The third-order valence-electron chi connectivity index (χ3n) is 2.61. The van der Waals surface area contributed by atoms with E-state index in [1.807, 2.05) is 0 Å². The first-order chi connectivity index (χ1) is 8.45. The summed E-state index contributed by atoms with van der Waals surface area (Å²) in [5, 5.41) is 23.0. The van der Waals surface area contributed by atoms with Crippen molar-refractivity contribution in [2.45, 2.75) is 32.6 Å². The summed E-state index contributed by atoms with van der Waals surface area (Å²) < 4.78 is 5.58. The maximum Gasteiger partial charge on any atom is 0.270 e. The van der Waals surface area contributed by atoms with Crippen LogP contribution in [0.2, 0.25) is 0 Å². The van der Waals surface area contributed by atoms with E-state index >= 15 is 0 Å². The van der Waals surface area contributed by atoms with Gasteiger partial charge in [-0.25, -0.2) is 0 Å². The highest BCUT2D eigenvalue weighted by molar-refractivity contribution is 5.43. The zero-order chi connectivity index (χ0) is 13.7. The van der Waals surface area contributed by atoms with Gasteiger partial charge in [0, 0.05) is 24.2 Å². The molecule has 0 fully saturated rings. The van der Waals surface area contributed by atoms with Crippen LogP contribution in [0.15, 0.2) is 18.2 Å². The Hall–Kier alpha value is -1.66. The monoisotopic (exact) mass is 254 g/mol. The number of benzene rings is 1. The lowest BCUT2D eigenvalue weighted by Crippen LogP contribution is -2.26. The van der Waals surface area contributed by atoms with E-state index in [9.17, 15) is 15.2 Å². The molecule has 0 radical (unpaired) electrons. The molecule has 6 heteroatoms. The Morgan fingerprint density at radius 2 is 2.17 bits per heavy atom. The molecule has 6 nitrogen and oxygen atoms in total. The summed E-state index contributed by atoms with van der Waals surface area (Å²) in [6.45, 7) is 3.84. The number of hydrogen-bond acceptors (Lipinski definition) is 5. The van der Waals surface area contributed by atoms with Gasteiger partial charge in [-0.1, -0.05) is 0 Å². The van der Waals surface area contributed by atoms with Crippen molar-refractivity contribution in [2.24, 2.45) is 0 Å². The van der Waals surface area contributed by atoms with Gasteiger partial charge in [-0.15, -0.1) is 0 Å². The van der Waals surface area contributed by atoms with Crippen molar-refractivity contribution in [3.63, 3.8) is 0 Å². The smallest absolute Gasteiger partial charge is 0.270 e. The molecule has 100 valence electrons. The molecule has 18 heavy (non-hydrogen) atoms. The lowest BCUT2D eigenvalue weighted by molar-refractivity contribution is -0.384. The van der Waals surface area contributed by atoms with Gasteiger partial charge in [0.25, 0.3) is 5.69 Å². The van der Waals surface area contributed by atoms with Crippen molar-refractivity contribution in [1.29, 1.82) is 0 Å². The molecule has 0 heterocycles. The molecular weight excluding hydrogens is 236 g/mol. The van der Waals surface area contributed by atoms with Crippen molar-refractivity contribution in [3.05, 3.63) is 33.9 Å². The van der Waals surface area contributed by atoms with E-state index < -0.39 is 11.0 Å². The zero-order valence-corrected chi connectivity index (χ0v) is 10.7. The Morgan fingerprint density at radius 3 is 2.67 bits per heavy atom. The fourth-order valence-electron chi connectivity index (χ4n) is 1.42. The van der Waals surface area contributed by atoms with Gasteiger partial charge in [0.15, 0.2) is 0 Å².